The first-order valence-corrected chi connectivity index (χ1v) is 6.88. The molecular weight excluding hydrogens is 285 g/mol. The van der Waals surface area contributed by atoms with E-state index >= 15 is 0 Å². The van der Waals surface area contributed by atoms with Gasteiger partial charge in [0.05, 0.1) is 5.02 Å². The van der Waals surface area contributed by atoms with Crippen molar-refractivity contribution in [2.45, 2.75) is 25.5 Å². The van der Waals surface area contributed by atoms with Crippen molar-refractivity contribution in [2.75, 3.05) is 13.2 Å². The fourth-order valence-electron chi connectivity index (χ4n) is 1.51. The fourth-order valence-corrected chi connectivity index (χ4v) is 1.97. The molecule has 0 heterocycles. The van der Waals surface area contributed by atoms with E-state index in [1.54, 1.807) is 18.2 Å². The molecular formula is C14H19Cl2NO2. The summed E-state index contributed by atoms with van der Waals surface area (Å²) in [6.45, 7) is 6.34. The standard InChI is InChI=1S/C14H19Cl2NO2/c1-3-4-10(2)17-8-12(18)9-19-14-6-5-11(15)7-13(14)16/h3,5-7,10,12,17-18H,1,4,8-9H2,2H3. The summed E-state index contributed by atoms with van der Waals surface area (Å²) in [5.74, 6) is 0.518. The van der Waals surface area contributed by atoms with Gasteiger partial charge in [0, 0.05) is 17.6 Å². The van der Waals surface area contributed by atoms with Gasteiger partial charge < -0.3 is 15.2 Å². The Bertz CT molecular complexity index is 412. The lowest BCUT2D eigenvalue weighted by Gasteiger charge is -2.17. The summed E-state index contributed by atoms with van der Waals surface area (Å²) in [5, 5.41) is 14.0. The van der Waals surface area contributed by atoms with E-state index in [9.17, 15) is 5.11 Å². The highest BCUT2D eigenvalue weighted by molar-refractivity contribution is 6.35. The van der Waals surface area contributed by atoms with E-state index in [0.29, 0.717) is 22.3 Å². The molecule has 19 heavy (non-hydrogen) atoms. The van der Waals surface area contributed by atoms with Crippen LogP contribution in [0.4, 0.5) is 0 Å². The van der Waals surface area contributed by atoms with Crippen molar-refractivity contribution in [1.82, 2.24) is 5.32 Å². The fraction of sp³-hybridized carbons (Fsp3) is 0.429. The number of aliphatic hydroxyl groups excluding tert-OH is 1. The third-order valence-corrected chi connectivity index (χ3v) is 3.08. The Balaban J connectivity index is 2.33. The molecule has 1 aromatic rings. The molecule has 0 saturated carbocycles. The first-order chi connectivity index (χ1) is 9.02. The molecule has 0 saturated heterocycles. The summed E-state index contributed by atoms with van der Waals surface area (Å²) < 4.78 is 5.45. The van der Waals surface area contributed by atoms with E-state index in [1.807, 2.05) is 13.0 Å². The van der Waals surface area contributed by atoms with Crippen molar-refractivity contribution in [2.24, 2.45) is 0 Å². The predicted molar refractivity (Wildman–Crippen MR) is 80.2 cm³/mol. The molecule has 5 heteroatoms. The normalized spacial score (nSPS) is 13.9. The number of ether oxygens (including phenoxy) is 1. The van der Waals surface area contributed by atoms with Gasteiger partial charge in [-0.1, -0.05) is 29.3 Å². The van der Waals surface area contributed by atoms with Crippen LogP contribution < -0.4 is 10.1 Å². The van der Waals surface area contributed by atoms with Crippen LogP contribution in [0.3, 0.4) is 0 Å². The van der Waals surface area contributed by atoms with E-state index < -0.39 is 6.10 Å². The van der Waals surface area contributed by atoms with Crippen LogP contribution >= 0.6 is 23.2 Å². The van der Waals surface area contributed by atoms with Crippen LogP contribution in [0, 0.1) is 0 Å². The number of nitrogens with one attached hydrogen (secondary N) is 1. The lowest BCUT2D eigenvalue weighted by atomic mass is 10.2. The molecule has 1 rings (SSSR count). The van der Waals surface area contributed by atoms with Crippen LogP contribution in [-0.4, -0.2) is 30.4 Å². The van der Waals surface area contributed by atoms with E-state index in [1.165, 1.54) is 0 Å². The van der Waals surface area contributed by atoms with Crippen molar-refractivity contribution in [1.29, 1.82) is 0 Å². The highest BCUT2D eigenvalue weighted by atomic mass is 35.5. The Labute approximate surface area is 124 Å². The van der Waals surface area contributed by atoms with Gasteiger partial charge in [0.15, 0.2) is 0 Å². The van der Waals surface area contributed by atoms with Gasteiger partial charge in [-0.2, -0.15) is 0 Å². The van der Waals surface area contributed by atoms with Crippen molar-refractivity contribution in [3.63, 3.8) is 0 Å². The first-order valence-electron chi connectivity index (χ1n) is 6.13. The van der Waals surface area contributed by atoms with Crippen LogP contribution in [0.5, 0.6) is 5.75 Å². The van der Waals surface area contributed by atoms with Crippen LogP contribution in [0.1, 0.15) is 13.3 Å². The molecule has 0 aromatic heterocycles. The molecule has 3 nitrogen and oxygen atoms in total. The zero-order chi connectivity index (χ0) is 14.3. The van der Waals surface area contributed by atoms with Crippen LogP contribution in [0.2, 0.25) is 10.0 Å². The SMILES string of the molecule is C=CCC(C)NCC(O)COc1ccc(Cl)cc1Cl. The summed E-state index contributed by atoms with van der Waals surface area (Å²) in [6.07, 6.45) is 2.10. The zero-order valence-electron chi connectivity index (χ0n) is 10.9. The molecule has 0 aliphatic rings. The summed E-state index contributed by atoms with van der Waals surface area (Å²) >= 11 is 11.8. The molecule has 2 atom stereocenters. The summed E-state index contributed by atoms with van der Waals surface area (Å²) in [5.41, 5.74) is 0. The Morgan fingerprint density at radius 2 is 2.21 bits per heavy atom. The maximum atomic E-state index is 9.79. The number of benzene rings is 1. The number of aliphatic hydroxyl groups is 1. The van der Waals surface area contributed by atoms with Crippen LogP contribution in [-0.2, 0) is 0 Å². The minimum atomic E-state index is -0.598. The van der Waals surface area contributed by atoms with E-state index in [0.717, 1.165) is 6.42 Å². The average Bonchev–Trinajstić information content (AvgIpc) is 2.35. The number of hydrogen-bond acceptors (Lipinski definition) is 3. The van der Waals surface area contributed by atoms with Crippen molar-refractivity contribution in [3.05, 3.63) is 40.9 Å². The zero-order valence-corrected chi connectivity index (χ0v) is 12.4. The predicted octanol–water partition coefficient (Wildman–Crippen LogP) is 3.29. The number of halogens is 2. The molecule has 0 aliphatic carbocycles. The maximum absolute atomic E-state index is 9.79. The second-order valence-electron chi connectivity index (χ2n) is 4.37. The highest BCUT2D eigenvalue weighted by Gasteiger charge is 2.09. The first kappa shape index (κ1) is 16.3. The quantitative estimate of drug-likeness (QED) is 0.724. The van der Waals surface area contributed by atoms with Crippen LogP contribution in [0.25, 0.3) is 0 Å². The van der Waals surface area contributed by atoms with Gasteiger partial charge in [-0.15, -0.1) is 6.58 Å². The molecule has 0 amide bonds. The Morgan fingerprint density at radius 3 is 2.84 bits per heavy atom. The van der Waals surface area contributed by atoms with Gasteiger partial charge in [-0.3, -0.25) is 0 Å². The largest absolute Gasteiger partial charge is 0.489 e. The number of rotatable bonds is 8. The minimum Gasteiger partial charge on any atom is -0.489 e. The van der Waals surface area contributed by atoms with E-state index in [4.69, 9.17) is 27.9 Å². The number of hydrogen-bond donors (Lipinski definition) is 2. The molecule has 2 unspecified atom stereocenters. The highest BCUT2D eigenvalue weighted by Crippen LogP contribution is 2.27. The molecule has 0 spiro atoms. The monoisotopic (exact) mass is 303 g/mol. The molecule has 1 aromatic carbocycles. The third-order valence-electron chi connectivity index (χ3n) is 2.55. The molecule has 0 fully saturated rings. The minimum absolute atomic E-state index is 0.176. The Hall–Kier alpha value is -0.740. The van der Waals surface area contributed by atoms with Gasteiger partial charge >= 0.3 is 0 Å². The van der Waals surface area contributed by atoms with Gasteiger partial charge in [0.2, 0.25) is 0 Å². The molecule has 106 valence electrons. The van der Waals surface area contributed by atoms with Gasteiger partial charge in [-0.05, 0) is 31.5 Å². The smallest absolute Gasteiger partial charge is 0.138 e. The lowest BCUT2D eigenvalue weighted by molar-refractivity contribution is 0.104. The van der Waals surface area contributed by atoms with Gasteiger partial charge in [-0.25, -0.2) is 0 Å². The molecule has 0 bridgehead atoms. The Morgan fingerprint density at radius 1 is 1.47 bits per heavy atom. The van der Waals surface area contributed by atoms with Crippen molar-refractivity contribution >= 4 is 23.2 Å². The topological polar surface area (TPSA) is 41.5 Å². The Kier molecular flexibility index (Phi) is 7.24. The third kappa shape index (κ3) is 6.30. The summed E-state index contributed by atoms with van der Waals surface area (Å²) in [7, 11) is 0. The second-order valence-corrected chi connectivity index (χ2v) is 5.22. The van der Waals surface area contributed by atoms with Crippen molar-refractivity contribution in [3.8, 4) is 5.75 Å². The van der Waals surface area contributed by atoms with E-state index in [-0.39, 0.29) is 12.6 Å². The summed E-state index contributed by atoms with van der Waals surface area (Å²) in [4.78, 5) is 0. The molecule has 2 N–H and O–H groups in total. The van der Waals surface area contributed by atoms with Gasteiger partial charge in [0.25, 0.3) is 0 Å². The summed E-state index contributed by atoms with van der Waals surface area (Å²) in [6, 6.07) is 5.27. The van der Waals surface area contributed by atoms with Crippen LogP contribution in [0.15, 0.2) is 30.9 Å². The molecule has 0 aliphatic heterocycles. The van der Waals surface area contributed by atoms with E-state index in [2.05, 4.69) is 11.9 Å². The van der Waals surface area contributed by atoms with Crippen molar-refractivity contribution < 1.29 is 9.84 Å². The average molecular weight is 304 g/mol. The maximum Gasteiger partial charge on any atom is 0.138 e. The second kappa shape index (κ2) is 8.43. The van der Waals surface area contributed by atoms with Gasteiger partial charge in [0.1, 0.15) is 18.5 Å². The molecule has 0 radical (unpaired) electrons. The lowest BCUT2D eigenvalue weighted by Crippen LogP contribution is -2.36.